The summed E-state index contributed by atoms with van der Waals surface area (Å²) in [5.41, 5.74) is 0. The average Bonchev–Trinajstić information content (AvgIpc) is 1.96. The second-order valence-corrected chi connectivity index (χ2v) is 4.64. The fraction of sp³-hybridized carbons (Fsp3) is 0.750. The first-order valence-corrected chi connectivity index (χ1v) is 5.75. The maximum atomic E-state index is 10.8. The third kappa shape index (κ3) is 5.03. The van der Waals surface area contributed by atoms with Crippen LogP contribution in [0, 0.1) is 12.0 Å². The standard InChI is InChI=1S/C8H15NO2S/c1-4-5-6-7-8-9(2)12(3,10)11/h4-6H2,1-3H3. The molecule has 0 rings (SSSR count). The molecule has 70 valence electrons. The highest BCUT2D eigenvalue weighted by atomic mass is 32.2. The normalized spacial score (nSPS) is 10.2. The van der Waals surface area contributed by atoms with Crippen LogP contribution in [0.25, 0.3) is 0 Å². The van der Waals surface area contributed by atoms with Gasteiger partial charge in [0.25, 0.3) is 0 Å². The molecule has 0 bridgehead atoms. The molecule has 3 nitrogen and oxygen atoms in total. The predicted molar refractivity (Wildman–Crippen MR) is 49.9 cm³/mol. The van der Waals surface area contributed by atoms with Crippen molar-refractivity contribution in [3.63, 3.8) is 0 Å². The number of nitrogens with zero attached hydrogens (tertiary/aromatic N) is 1. The van der Waals surface area contributed by atoms with Gasteiger partial charge in [-0.05, 0) is 6.42 Å². The molecule has 0 saturated carbocycles. The van der Waals surface area contributed by atoms with Crippen molar-refractivity contribution in [3.8, 4) is 12.0 Å². The third-order valence-electron chi connectivity index (χ3n) is 1.39. The highest BCUT2D eigenvalue weighted by Crippen LogP contribution is 1.93. The minimum Gasteiger partial charge on any atom is -0.232 e. The maximum Gasteiger partial charge on any atom is 0.238 e. The van der Waals surface area contributed by atoms with Crippen LogP contribution in [-0.2, 0) is 10.0 Å². The van der Waals surface area contributed by atoms with E-state index in [0.29, 0.717) is 0 Å². The fourth-order valence-electron chi connectivity index (χ4n) is 0.515. The topological polar surface area (TPSA) is 37.4 Å². The zero-order valence-corrected chi connectivity index (χ0v) is 8.61. The van der Waals surface area contributed by atoms with Gasteiger partial charge in [-0.2, -0.15) is 0 Å². The van der Waals surface area contributed by atoms with Crippen molar-refractivity contribution >= 4 is 10.0 Å². The lowest BCUT2D eigenvalue weighted by Crippen LogP contribution is -2.19. The lowest BCUT2D eigenvalue weighted by atomic mass is 10.3. The zero-order valence-electron chi connectivity index (χ0n) is 7.79. The summed E-state index contributed by atoms with van der Waals surface area (Å²) >= 11 is 0. The van der Waals surface area contributed by atoms with Crippen LogP contribution in [0.1, 0.15) is 26.2 Å². The van der Waals surface area contributed by atoms with Crippen LogP contribution in [0.2, 0.25) is 0 Å². The van der Waals surface area contributed by atoms with Crippen molar-refractivity contribution in [2.45, 2.75) is 26.2 Å². The molecule has 0 saturated heterocycles. The second kappa shape index (κ2) is 5.04. The van der Waals surface area contributed by atoms with Crippen LogP contribution >= 0.6 is 0 Å². The molecule has 0 fully saturated rings. The molecule has 0 radical (unpaired) electrons. The molecule has 0 aromatic rings. The van der Waals surface area contributed by atoms with Crippen molar-refractivity contribution in [2.75, 3.05) is 13.3 Å². The summed E-state index contributed by atoms with van der Waals surface area (Å²) in [5.74, 6) is 2.79. The van der Waals surface area contributed by atoms with Gasteiger partial charge in [0.2, 0.25) is 10.0 Å². The SMILES string of the molecule is CCCCC#CN(C)S(C)(=O)=O. The lowest BCUT2D eigenvalue weighted by Gasteiger charge is -2.05. The second-order valence-electron chi connectivity index (χ2n) is 2.62. The zero-order chi connectivity index (χ0) is 9.61. The van der Waals surface area contributed by atoms with Crippen molar-refractivity contribution < 1.29 is 8.42 Å². The molecule has 0 aliphatic heterocycles. The number of sulfonamides is 1. The minimum atomic E-state index is -3.13. The Hall–Kier alpha value is -0.690. The smallest absolute Gasteiger partial charge is 0.232 e. The number of hydrogen-bond donors (Lipinski definition) is 0. The first-order chi connectivity index (χ1) is 5.48. The molecular weight excluding hydrogens is 174 g/mol. The van der Waals surface area contributed by atoms with E-state index in [1.165, 1.54) is 7.05 Å². The van der Waals surface area contributed by atoms with Crippen molar-refractivity contribution in [1.82, 2.24) is 4.31 Å². The van der Waals surface area contributed by atoms with E-state index in [9.17, 15) is 8.42 Å². The Kier molecular flexibility index (Phi) is 4.75. The lowest BCUT2D eigenvalue weighted by molar-refractivity contribution is 0.553. The molecule has 0 atom stereocenters. The minimum absolute atomic E-state index is 0.760. The Labute approximate surface area is 74.8 Å². The molecule has 0 aliphatic carbocycles. The molecule has 0 unspecified atom stereocenters. The van der Waals surface area contributed by atoms with E-state index in [-0.39, 0.29) is 0 Å². The Bertz CT molecular complexity index is 271. The van der Waals surface area contributed by atoms with Crippen LogP contribution in [0.4, 0.5) is 0 Å². The summed E-state index contributed by atoms with van der Waals surface area (Å²) in [6, 6.07) is 2.55. The van der Waals surface area contributed by atoms with Gasteiger partial charge in [0, 0.05) is 19.5 Å². The number of hydrogen-bond acceptors (Lipinski definition) is 2. The summed E-state index contributed by atoms with van der Waals surface area (Å²) in [6.07, 6.45) is 4.00. The molecule has 12 heavy (non-hydrogen) atoms. The molecule has 0 N–H and O–H groups in total. The largest absolute Gasteiger partial charge is 0.238 e. The van der Waals surface area contributed by atoms with Crippen LogP contribution in [0.15, 0.2) is 0 Å². The van der Waals surface area contributed by atoms with Gasteiger partial charge in [-0.1, -0.05) is 19.3 Å². The molecule has 0 spiro atoms. The van der Waals surface area contributed by atoms with E-state index in [4.69, 9.17) is 0 Å². The van der Waals surface area contributed by atoms with Gasteiger partial charge in [-0.3, -0.25) is 0 Å². The summed E-state index contributed by atoms with van der Waals surface area (Å²) in [7, 11) is -1.68. The summed E-state index contributed by atoms with van der Waals surface area (Å²) in [4.78, 5) is 0. The molecular formula is C8H15NO2S. The molecule has 0 aliphatic rings. The third-order valence-corrected chi connectivity index (χ3v) is 2.48. The first-order valence-electron chi connectivity index (χ1n) is 3.91. The summed E-state index contributed by atoms with van der Waals surface area (Å²) < 4.78 is 22.7. The summed E-state index contributed by atoms with van der Waals surface area (Å²) in [6.45, 7) is 2.07. The maximum absolute atomic E-state index is 10.8. The molecule has 0 amide bonds. The van der Waals surface area contributed by atoms with Crippen molar-refractivity contribution in [3.05, 3.63) is 0 Å². The van der Waals surface area contributed by atoms with Gasteiger partial charge >= 0.3 is 0 Å². The predicted octanol–water partition coefficient (Wildman–Crippen LogP) is 1.03. The van der Waals surface area contributed by atoms with Gasteiger partial charge < -0.3 is 0 Å². The summed E-state index contributed by atoms with van der Waals surface area (Å²) in [5, 5.41) is 0. The van der Waals surface area contributed by atoms with E-state index in [1.54, 1.807) is 0 Å². The van der Waals surface area contributed by atoms with E-state index < -0.39 is 10.0 Å². The van der Waals surface area contributed by atoms with Crippen molar-refractivity contribution in [2.24, 2.45) is 0 Å². The van der Waals surface area contributed by atoms with Gasteiger partial charge in [-0.25, -0.2) is 12.7 Å². The van der Waals surface area contributed by atoms with Gasteiger partial charge in [0.15, 0.2) is 0 Å². The molecule has 0 aromatic carbocycles. The Morgan fingerprint density at radius 2 is 2.00 bits per heavy atom. The van der Waals surface area contributed by atoms with E-state index >= 15 is 0 Å². The average molecular weight is 189 g/mol. The highest BCUT2D eigenvalue weighted by Gasteiger charge is 2.03. The molecule has 0 aromatic heterocycles. The van der Waals surface area contributed by atoms with Gasteiger partial charge in [-0.15, -0.1) is 0 Å². The number of unbranched alkanes of at least 4 members (excludes halogenated alkanes) is 2. The first kappa shape index (κ1) is 11.3. The Morgan fingerprint density at radius 3 is 2.42 bits per heavy atom. The number of rotatable bonds is 3. The molecule has 4 heteroatoms. The molecule has 0 heterocycles. The van der Waals surface area contributed by atoms with E-state index in [1.807, 2.05) is 0 Å². The quantitative estimate of drug-likeness (QED) is 0.378. The van der Waals surface area contributed by atoms with E-state index in [0.717, 1.165) is 29.8 Å². The fourth-order valence-corrected chi connectivity index (χ4v) is 0.746. The van der Waals surface area contributed by atoms with Crippen molar-refractivity contribution in [1.29, 1.82) is 0 Å². The van der Waals surface area contributed by atoms with Crippen LogP contribution < -0.4 is 0 Å². The van der Waals surface area contributed by atoms with Crippen LogP contribution in [0.5, 0.6) is 0 Å². The Morgan fingerprint density at radius 1 is 1.42 bits per heavy atom. The monoisotopic (exact) mass is 189 g/mol. The highest BCUT2D eigenvalue weighted by molar-refractivity contribution is 7.88. The van der Waals surface area contributed by atoms with E-state index in [2.05, 4.69) is 18.9 Å². The van der Waals surface area contributed by atoms with Gasteiger partial charge in [0.05, 0.1) is 6.26 Å². The Balaban J connectivity index is 3.97. The van der Waals surface area contributed by atoms with Crippen LogP contribution in [-0.4, -0.2) is 26.0 Å². The van der Waals surface area contributed by atoms with Crippen LogP contribution in [0.3, 0.4) is 0 Å². The van der Waals surface area contributed by atoms with Gasteiger partial charge in [0.1, 0.15) is 0 Å².